The molecule has 2 N–H and O–H groups in total. The number of fused-ring (bicyclic) bond motifs is 1. The lowest BCUT2D eigenvalue weighted by Gasteiger charge is -2.35. The molecule has 1 saturated heterocycles. The van der Waals surface area contributed by atoms with Gasteiger partial charge in [-0.1, -0.05) is 19.8 Å². The molecule has 0 atom stereocenters. The van der Waals surface area contributed by atoms with Gasteiger partial charge in [-0.15, -0.1) is 0 Å². The molecule has 0 spiro atoms. The molecule has 176 valence electrons. The number of hydrogen-bond acceptors (Lipinski definition) is 7. The number of piperazine rings is 1. The van der Waals surface area contributed by atoms with Gasteiger partial charge in [0, 0.05) is 74.4 Å². The number of nitrogens with one attached hydrogen (secondary N) is 1. The highest BCUT2D eigenvalue weighted by Crippen LogP contribution is 2.24. The van der Waals surface area contributed by atoms with E-state index in [-0.39, 0.29) is 6.61 Å². The van der Waals surface area contributed by atoms with Gasteiger partial charge in [-0.2, -0.15) is 4.98 Å². The van der Waals surface area contributed by atoms with Crippen molar-refractivity contribution in [3.05, 3.63) is 42.2 Å². The summed E-state index contributed by atoms with van der Waals surface area (Å²) in [6, 6.07) is 10.4. The highest BCUT2D eigenvalue weighted by Gasteiger charge is 2.17. The highest BCUT2D eigenvalue weighted by molar-refractivity contribution is 5.78. The number of unbranched alkanes of at least 4 members (excludes halogenated alkanes) is 2. The normalized spacial score (nSPS) is 14.7. The molecule has 8 heteroatoms. The first kappa shape index (κ1) is 23.2. The molecular weight excluding hydrogens is 416 g/mol. The second-order valence-corrected chi connectivity index (χ2v) is 8.57. The van der Waals surface area contributed by atoms with E-state index >= 15 is 0 Å². The predicted octanol–water partition coefficient (Wildman–Crippen LogP) is 3.22. The largest absolute Gasteiger partial charge is 0.396 e. The van der Waals surface area contributed by atoms with Crippen LogP contribution >= 0.6 is 0 Å². The maximum absolute atomic E-state index is 10.7. The topological polar surface area (TPSA) is 86.5 Å². The average Bonchev–Trinajstić information content (AvgIpc) is 3.17. The van der Waals surface area contributed by atoms with Crippen LogP contribution in [0.2, 0.25) is 0 Å². The number of anilines is 3. The molecule has 1 aliphatic heterocycles. The standard InChI is InChI=1S/C25H34N6O2/c1-2-3-4-10-31-23(9-16-32)18-20-19-26-25(28-24(20)31)27-21-5-7-22(8-6-21)30-13-11-29(12-14-30)15-17-33/h5-8,17-19,32H,2-4,9-16H2,1H3,(H,26,27,28). The van der Waals surface area contributed by atoms with Crippen LogP contribution in [-0.4, -0.2) is 70.2 Å². The Balaban J connectivity index is 1.46. The molecule has 0 aliphatic carbocycles. The zero-order valence-corrected chi connectivity index (χ0v) is 19.4. The molecule has 0 bridgehead atoms. The summed E-state index contributed by atoms with van der Waals surface area (Å²) in [4.78, 5) is 24.5. The number of aldehydes is 1. The van der Waals surface area contributed by atoms with Gasteiger partial charge < -0.3 is 24.7 Å². The minimum absolute atomic E-state index is 0.126. The fraction of sp³-hybridized carbons (Fsp3) is 0.480. The minimum Gasteiger partial charge on any atom is -0.396 e. The zero-order valence-electron chi connectivity index (χ0n) is 19.4. The van der Waals surface area contributed by atoms with E-state index in [4.69, 9.17) is 4.98 Å². The molecule has 3 heterocycles. The summed E-state index contributed by atoms with van der Waals surface area (Å²) in [6.07, 6.45) is 6.89. The average molecular weight is 451 g/mol. The van der Waals surface area contributed by atoms with Gasteiger partial charge in [0.15, 0.2) is 0 Å². The molecule has 0 radical (unpaired) electrons. The van der Waals surface area contributed by atoms with E-state index in [1.165, 1.54) is 18.5 Å². The molecular formula is C25H34N6O2. The predicted molar refractivity (Wildman–Crippen MR) is 132 cm³/mol. The van der Waals surface area contributed by atoms with Gasteiger partial charge in [0.25, 0.3) is 0 Å². The summed E-state index contributed by atoms with van der Waals surface area (Å²) < 4.78 is 2.22. The van der Waals surface area contributed by atoms with Gasteiger partial charge in [0.05, 0.1) is 6.54 Å². The Bertz CT molecular complexity index is 1040. The summed E-state index contributed by atoms with van der Waals surface area (Å²) >= 11 is 0. The number of benzene rings is 1. The van der Waals surface area contributed by atoms with Crippen molar-refractivity contribution in [1.82, 2.24) is 19.4 Å². The molecule has 4 rings (SSSR count). The van der Waals surface area contributed by atoms with Gasteiger partial charge in [-0.3, -0.25) is 4.90 Å². The maximum atomic E-state index is 10.7. The molecule has 3 aromatic rings. The number of carbonyl (C=O) groups is 1. The van der Waals surface area contributed by atoms with Crippen molar-refractivity contribution in [3.8, 4) is 0 Å². The first-order valence-corrected chi connectivity index (χ1v) is 12.0. The van der Waals surface area contributed by atoms with Crippen molar-refractivity contribution >= 4 is 34.6 Å². The van der Waals surface area contributed by atoms with E-state index in [9.17, 15) is 9.90 Å². The number of aliphatic hydroxyl groups is 1. The summed E-state index contributed by atoms with van der Waals surface area (Å²) in [7, 11) is 0. The van der Waals surface area contributed by atoms with E-state index in [0.717, 1.165) is 67.8 Å². The van der Waals surface area contributed by atoms with E-state index in [1.807, 2.05) is 6.20 Å². The van der Waals surface area contributed by atoms with Crippen molar-refractivity contribution < 1.29 is 9.90 Å². The SMILES string of the molecule is CCCCCn1c(CCO)cc2cnc(Nc3ccc(N4CCN(CC=O)CC4)cc3)nc21. The van der Waals surface area contributed by atoms with E-state index in [1.54, 1.807) is 0 Å². The van der Waals surface area contributed by atoms with E-state index < -0.39 is 0 Å². The number of aliphatic hydroxyl groups excluding tert-OH is 1. The molecule has 0 saturated carbocycles. The molecule has 1 aromatic carbocycles. The van der Waals surface area contributed by atoms with Crippen molar-refractivity contribution in [2.45, 2.75) is 39.2 Å². The molecule has 33 heavy (non-hydrogen) atoms. The van der Waals surface area contributed by atoms with Crippen LogP contribution < -0.4 is 10.2 Å². The first-order chi connectivity index (χ1) is 16.2. The Labute approximate surface area is 195 Å². The van der Waals surface area contributed by atoms with Crippen LogP contribution in [0.4, 0.5) is 17.3 Å². The minimum atomic E-state index is 0.126. The smallest absolute Gasteiger partial charge is 0.229 e. The highest BCUT2D eigenvalue weighted by atomic mass is 16.3. The fourth-order valence-corrected chi connectivity index (χ4v) is 4.42. The van der Waals surface area contributed by atoms with Gasteiger partial charge in [0.1, 0.15) is 11.9 Å². The molecule has 2 aromatic heterocycles. The van der Waals surface area contributed by atoms with Crippen molar-refractivity contribution in [2.75, 3.05) is 49.5 Å². The van der Waals surface area contributed by atoms with Gasteiger partial charge in [0.2, 0.25) is 5.95 Å². The Hall–Kier alpha value is -2.97. The van der Waals surface area contributed by atoms with Crippen molar-refractivity contribution in [2.24, 2.45) is 0 Å². The lowest BCUT2D eigenvalue weighted by molar-refractivity contribution is -0.108. The fourth-order valence-electron chi connectivity index (χ4n) is 4.42. The second kappa shape index (κ2) is 11.2. The second-order valence-electron chi connectivity index (χ2n) is 8.57. The van der Waals surface area contributed by atoms with Gasteiger partial charge >= 0.3 is 0 Å². The van der Waals surface area contributed by atoms with Crippen molar-refractivity contribution in [1.29, 1.82) is 0 Å². The van der Waals surface area contributed by atoms with E-state index in [2.05, 4.69) is 61.9 Å². The Morgan fingerprint density at radius 2 is 1.91 bits per heavy atom. The number of aryl methyl sites for hydroxylation is 1. The number of nitrogens with zero attached hydrogens (tertiary/aromatic N) is 5. The monoisotopic (exact) mass is 450 g/mol. The van der Waals surface area contributed by atoms with Crippen molar-refractivity contribution in [3.63, 3.8) is 0 Å². The first-order valence-electron chi connectivity index (χ1n) is 12.0. The summed E-state index contributed by atoms with van der Waals surface area (Å²) in [5, 5.41) is 13.8. The lowest BCUT2D eigenvalue weighted by atomic mass is 10.2. The van der Waals surface area contributed by atoms with Crippen LogP contribution in [0.15, 0.2) is 36.5 Å². The van der Waals surface area contributed by atoms with Crippen LogP contribution in [-0.2, 0) is 17.8 Å². The number of carbonyl (C=O) groups excluding carboxylic acids is 1. The third kappa shape index (κ3) is 5.69. The maximum Gasteiger partial charge on any atom is 0.229 e. The summed E-state index contributed by atoms with van der Waals surface area (Å²) in [5.74, 6) is 0.572. The van der Waals surface area contributed by atoms with Crippen LogP contribution in [0.1, 0.15) is 31.9 Å². The van der Waals surface area contributed by atoms with Gasteiger partial charge in [-0.05, 0) is 36.8 Å². The van der Waals surface area contributed by atoms with Gasteiger partial charge in [-0.25, -0.2) is 4.98 Å². The zero-order chi connectivity index (χ0) is 23.0. The van der Waals surface area contributed by atoms with Crippen LogP contribution in [0.3, 0.4) is 0 Å². The Morgan fingerprint density at radius 1 is 1.12 bits per heavy atom. The Morgan fingerprint density at radius 3 is 2.61 bits per heavy atom. The third-order valence-corrected chi connectivity index (χ3v) is 6.27. The van der Waals surface area contributed by atoms with Crippen LogP contribution in [0.5, 0.6) is 0 Å². The molecule has 8 nitrogen and oxygen atoms in total. The van der Waals surface area contributed by atoms with Crippen LogP contribution in [0.25, 0.3) is 11.0 Å². The third-order valence-electron chi connectivity index (χ3n) is 6.27. The Kier molecular flexibility index (Phi) is 7.91. The number of rotatable bonds is 11. The van der Waals surface area contributed by atoms with Crippen LogP contribution in [0, 0.1) is 0 Å². The molecule has 0 amide bonds. The lowest BCUT2D eigenvalue weighted by Crippen LogP contribution is -2.46. The molecule has 0 unspecified atom stereocenters. The summed E-state index contributed by atoms with van der Waals surface area (Å²) in [6.45, 7) is 7.40. The quantitative estimate of drug-likeness (QED) is 0.343. The number of hydrogen-bond donors (Lipinski definition) is 2. The molecule has 1 fully saturated rings. The molecule has 1 aliphatic rings. The van der Waals surface area contributed by atoms with E-state index in [0.29, 0.717) is 18.9 Å². The summed E-state index contributed by atoms with van der Waals surface area (Å²) in [5.41, 5.74) is 4.14. The number of aromatic nitrogens is 3.